The molecule has 1 fully saturated rings. The third kappa shape index (κ3) is 5.06. The maximum atomic E-state index is 12.2. The number of hydrogen-bond donors (Lipinski definition) is 1. The average molecular weight is 322 g/mol. The normalized spacial score (nSPS) is 21.6. The Hall–Kier alpha value is -0.100. The van der Waals surface area contributed by atoms with Gasteiger partial charge in [0.25, 0.3) is 0 Å². The Balaban J connectivity index is 2.58. The summed E-state index contributed by atoms with van der Waals surface area (Å²) in [5.41, 5.74) is 0. The Kier molecular flexibility index (Phi) is 7.36. The summed E-state index contributed by atoms with van der Waals surface area (Å²) in [5.74, 6) is 1.62. The highest BCUT2D eigenvalue weighted by Gasteiger charge is 2.35. The van der Waals surface area contributed by atoms with Crippen molar-refractivity contribution < 1.29 is 9.90 Å². The first-order valence-corrected chi connectivity index (χ1v) is 8.29. The minimum absolute atomic E-state index is 0.0721. The molecule has 6 heteroatoms. The van der Waals surface area contributed by atoms with Gasteiger partial charge >= 0.3 is 0 Å². The molecule has 1 N–H and O–H groups in total. The smallest absolute Gasteiger partial charge is 0.231 e. The van der Waals surface area contributed by atoms with Gasteiger partial charge in [0, 0.05) is 17.7 Å². The number of carbonyl (C=O) groups excluding carboxylic acids is 1. The number of thiocarbonyl (C=S) groups is 1. The standard InChI is InChI=1S/C13H20ClNO2S2/c1-9(2)11-8-19-13(18)15(11)12(17)7-10(16)5-3-4-6-14/h3,5,9-11,16H,4,6-8H2,1-2H3/b5-3+/t10-,11+/m1/s1. The monoisotopic (exact) mass is 321 g/mol. The number of nitrogens with zero attached hydrogens (tertiary/aromatic N) is 1. The van der Waals surface area contributed by atoms with Gasteiger partial charge in [-0.25, -0.2) is 0 Å². The van der Waals surface area contributed by atoms with Crippen LogP contribution in [0.4, 0.5) is 0 Å². The van der Waals surface area contributed by atoms with Crippen LogP contribution >= 0.6 is 35.6 Å². The third-order valence-corrected chi connectivity index (χ3v) is 4.68. The third-order valence-electron chi connectivity index (χ3n) is 2.96. The molecular formula is C13H20ClNO2S2. The Morgan fingerprint density at radius 1 is 1.68 bits per heavy atom. The highest BCUT2D eigenvalue weighted by atomic mass is 35.5. The number of rotatable bonds is 6. The number of aliphatic hydroxyl groups is 1. The SMILES string of the molecule is CC(C)[C@@H]1CSC(=S)N1C(=O)C[C@H](O)/C=C/CCCl. The predicted octanol–water partition coefficient (Wildman–Crippen LogP) is 2.81. The van der Waals surface area contributed by atoms with Gasteiger partial charge in [-0.1, -0.05) is 50.0 Å². The molecule has 0 radical (unpaired) electrons. The number of amides is 1. The van der Waals surface area contributed by atoms with Gasteiger partial charge in [0.1, 0.15) is 4.32 Å². The molecule has 3 nitrogen and oxygen atoms in total. The van der Waals surface area contributed by atoms with Crippen molar-refractivity contribution in [3.05, 3.63) is 12.2 Å². The maximum Gasteiger partial charge on any atom is 0.231 e. The summed E-state index contributed by atoms with van der Waals surface area (Å²) in [7, 11) is 0. The van der Waals surface area contributed by atoms with Crippen LogP contribution in [0.2, 0.25) is 0 Å². The van der Waals surface area contributed by atoms with Crippen LogP contribution in [0.15, 0.2) is 12.2 Å². The molecule has 108 valence electrons. The molecule has 0 aromatic heterocycles. The van der Waals surface area contributed by atoms with Gasteiger partial charge in [0.15, 0.2) is 0 Å². The van der Waals surface area contributed by atoms with Gasteiger partial charge < -0.3 is 5.11 Å². The molecule has 0 aliphatic carbocycles. The molecule has 19 heavy (non-hydrogen) atoms. The number of aliphatic hydroxyl groups excluding tert-OH is 1. The quantitative estimate of drug-likeness (QED) is 0.464. The fraction of sp³-hybridized carbons (Fsp3) is 0.692. The highest BCUT2D eigenvalue weighted by molar-refractivity contribution is 8.23. The van der Waals surface area contributed by atoms with Gasteiger partial charge in [0.2, 0.25) is 5.91 Å². The molecule has 1 heterocycles. The van der Waals surface area contributed by atoms with E-state index in [9.17, 15) is 9.90 Å². The summed E-state index contributed by atoms with van der Waals surface area (Å²) >= 11 is 12.3. The molecule has 0 aromatic rings. The first-order chi connectivity index (χ1) is 8.97. The van der Waals surface area contributed by atoms with Crippen molar-refractivity contribution >= 4 is 45.8 Å². The van der Waals surface area contributed by atoms with Crippen LogP contribution < -0.4 is 0 Å². The van der Waals surface area contributed by atoms with Crippen molar-refractivity contribution in [2.75, 3.05) is 11.6 Å². The Bertz CT molecular complexity index is 361. The molecule has 2 atom stereocenters. The van der Waals surface area contributed by atoms with Crippen molar-refractivity contribution in [1.29, 1.82) is 0 Å². The molecule has 1 amide bonds. The van der Waals surface area contributed by atoms with Gasteiger partial charge in [-0.15, -0.1) is 11.6 Å². The largest absolute Gasteiger partial charge is 0.389 e. The topological polar surface area (TPSA) is 40.5 Å². The van der Waals surface area contributed by atoms with E-state index in [4.69, 9.17) is 23.8 Å². The summed E-state index contributed by atoms with van der Waals surface area (Å²) in [4.78, 5) is 13.9. The van der Waals surface area contributed by atoms with E-state index in [1.807, 2.05) is 0 Å². The van der Waals surface area contributed by atoms with E-state index in [1.165, 1.54) is 11.8 Å². The van der Waals surface area contributed by atoms with Crippen LogP contribution in [-0.2, 0) is 4.79 Å². The van der Waals surface area contributed by atoms with E-state index in [-0.39, 0.29) is 18.4 Å². The first-order valence-electron chi connectivity index (χ1n) is 6.36. The van der Waals surface area contributed by atoms with Gasteiger partial charge in [-0.2, -0.15) is 0 Å². The summed E-state index contributed by atoms with van der Waals surface area (Å²) in [6, 6.07) is 0.143. The zero-order valence-corrected chi connectivity index (χ0v) is 13.6. The fourth-order valence-corrected chi connectivity index (χ4v) is 3.67. The van der Waals surface area contributed by atoms with E-state index in [1.54, 1.807) is 17.1 Å². The summed E-state index contributed by atoms with van der Waals surface area (Å²) in [5, 5.41) is 9.79. The molecule has 0 spiro atoms. The van der Waals surface area contributed by atoms with Crippen molar-refractivity contribution in [3.63, 3.8) is 0 Å². The second kappa shape index (κ2) is 8.25. The zero-order chi connectivity index (χ0) is 14.4. The van der Waals surface area contributed by atoms with Crippen molar-refractivity contribution in [2.24, 2.45) is 5.92 Å². The van der Waals surface area contributed by atoms with Gasteiger partial charge in [0.05, 0.1) is 12.5 Å². The van der Waals surface area contributed by atoms with E-state index >= 15 is 0 Å². The molecule has 0 aromatic carbocycles. The lowest BCUT2D eigenvalue weighted by Crippen LogP contribution is -2.42. The number of carbonyl (C=O) groups is 1. The van der Waals surface area contributed by atoms with Crippen LogP contribution in [0.5, 0.6) is 0 Å². The molecular weight excluding hydrogens is 302 g/mol. The van der Waals surface area contributed by atoms with Crippen molar-refractivity contribution in [3.8, 4) is 0 Å². The summed E-state index contributed by atoms with van der Waals surface area (Å²) in [6.07, 6.45) is 3.41. The van der Waals surface area contributed by atoms with Crippen molar-refractivity contribution in [2.45, 2.75) is 38.8 Å². The second-order valence-corrected chi connectivity index (χ2v) is 6.86. The minimum atomic E-state index is -0.767. The van der Waals surface area contributed by atoms with E-state index in [2.05, 4.69) is 13.8 Å². The minimum Gasteiger partial charge on any atom is -0.389 e. The lowest BCUT2D eigenvalue weighted by Gasteiger charge is -2.27. The Morgan fingerprint density at radius 3 is 2.95 bits per heavy atom. The molecule has 1 aliphatic heterocycles. The van der Waals surface area contributed by atoms with Crippen LogP contribution in [0.25, 0.3) is 0 Å². The predicted molar refractivity (Wildman–Crippen MR) is 85.6 cm³/mol. The van der Waals surface area contributed by atoms with Crippen LogP contribution in [0.3, 0.4) is 0 Å². The first kappa shape index (κ1) is 17.0. The molecule has 0 unspecified atom stereocenters. The van der Waals surface area contributed by atoms with Crippen LogP contribution in [0, 0.1) is 5.92 Å². The molecule has 0 bridgehead atoms. The summed E-state index contributed by atoms with van der Waals surface area (Å²) in [6.45, 7) is 4.16. The van der Waals surface area contributed by atoms with Crippen molar-refractivity contribution in [1.82, 2.24) is 4.90 Å². The van der Waals surface area contributed by atoms with Crippen LogP contribution in [0.1, 0.15) is 26.7 Å². The average Bonchev–Trinajstić information content (AvgIpc) is 2.71. The highest BCUT2D eigenvalue weighted by Crippen LogP contribution is 2.29. The van der Waals surface area contributed by atoms with Gasteiger partial charge in [-0.05, 0) is 12.3 Å². The molecule has 0 saturated carbocycles. The van der Waals surface area contributed by atoms with E-state index in [0.717, 1.165) is 5.75 Å². The van der Waals surface area contributed by atoms with Crippen LogP contribution in [-0.4, -0.2) is 44.0 Å². The lowest BCUT2D eigenvalue weighted by atomic mass is 10.0. The van der Waals surface area contributed by atoms with Gasteiger partial charge in [-0.3, -0.25) is 9.69 Å². The number of hydrogen-bond acceptors (Lipinski definition) is 4. The maximum absolute atomic E-state index is 12.2. The van der Waals surface area contributed by atoms with E-state index < -0.39 is 6.10 Å². The number of halogens is 1. The second-order valence-electron chi connectivity index (χ2n) is 4.83. The fourth-order valence-electron chi connectivity index (χ4n) is 1.88. The molecule has 1 aliphatic rings. The Labute approximate surface area is 129 Å². The lowest BCUT2D eigenvalue weighted by molar-refractivity contribution is -0.130. The summed E-state index contributed by atoms with van der Waals surface area (Å²) < 4.78 is 0.626. The number of alkyl halides is 1. The Morgan fingerprint density at radius 2 is 2.37 bits per heavy atom. The number of allylic oxidation sites excluding steroid dienone is 1. The zero-order valence-electron chi connectivity index (χ0n) is 11.2. The molecule has 1 rings (SSSR count). The molecule has 1 saturated heterocycles. The number of thioether (sulfide) groups is 1. The van der Waals surface area contributed by atoms with E-state index in [0.29, 0.717) is 22.5 Å².